The maximum atomic E-state index is 12.2. The SMILES string of the molecule is Cc1cn(C2CC(N3CCN(C(=O)OC(C)(C)C)CC3)C2)c2ncc(Br)cc12. The molecule has 4 rings (SSSR count). The van der Waals surface area contributed by atoms with Gasteiger partial charge in [-0.05, 0) is 68.1 Å². The highest BCUT2D eigenvalue weighted by molar-refractivity contribution is 9.10. The Balaban J connectivity index is 1.33. The van der Waals surface area contributed by atoms with Crippen LogP contribution in [-0.4, -0.2) is 63.3 Å². The van der Waals surface area contributed by atoms with Crippen molar-refractivity contribution >= 4 is 33.1 Å². The maximum absolute atomic E-state index is 12.2. The summed E-state index contributed by atoms with van der Waals surface area (Å²) in [6.07, 6.45) is 6.22. The molecule has 0 atom stereocenters. The van der Waals surface area contributed by atoms with Crippen LogP contribution in [0.15, 0.2) is 22.9 Å². The molecule has 0 radical (unpaired) electrons. The van der Waals surface area contributed by atoms with Crippen LogP contribution in [0.3, 0.4) is 0 Å². The molecule has 0 spiro atoms. The van der Waals surface area contributed by atoms with Gasteiger partial charge in [-0.15, -0.1) is 0 Å². The molecule has 0 aromatic carbocycles. The van der Waals surface area contributed by atoms with Gasteiger partial charge in [0, 0.05) is 60.5 Å². The van der Waals surface area contributed by atoms with Crippen LogP contribution in [0.25, 0.3) is 11.0 Å². The summed E-state index contributed by atoms with van der Waals surface area (Å²) >= 11 is 3.52. The number of ether oxygens (including phenoxy) is 1. The van der Waals surface area contributed by atoms with Gasteiger partial charge in [-0.3, -0.25) is 4.90 Å². The van der Waals surface area contributed by atoms with Gasteiger partial charge in [-0.2, -0.15) is 0 Å². The fourth-order valence-electron chi connectivity index (χ4n) is 4.23. The van der Waals surface area contributed by atoms with Crippen molar-refractivity contribution in [3.8, 4) is 0 Å². The van der Waals surface area contributed by atoms with Gasteiger partial charge in [0.15, 0.2) is 0 Å². The number of rotatable bonds is 2. The number of hydrogen-bond acceptors (Lipinski definition) is 4. The van der Waals surface area contributed by atoms with Crippen LogP contribution in [0.4, 0.5) is 4.79 Å². The van der Waals surface area contributed by atoms with Crippen LogP contribution in [-0.2, 0) is 4.74 Å². The van der Waals surface area contributed by atoms with E-state index >= 15 is 0 Å². The van der Waals surface area contributed by atoms with Crippen molar-refractivity contribution in [2.75, 3.05) is 26.2 Å². The fourth-order valence-corrected chi connectivity index (χ4v) is 4.56. The van der Waals surface area contributed by atoms with Crippen molar-refractivity contribution < 1.29 is 9.53 Å². The lowest BCUT2D eigenvalue weighted by Crippen LogP contribution is -2.55. The number of carbonyl (C=O) groups is 1. The highest BCUT2D eigenvalue weighted by Gasteiger charge is 2.37. The highest BCUT2D eigenvalue weighted by Crippen LogP contribution is 2.39. The normalized spacial score (nSPS) is 23.7. The lowest BCUT2D eigenvalue weighted by molar-refractivity contribution is -0.000375. The molecule has 1 saturated carbocycles. The molecular weight excluding hydrogens is 420 g/mol. The van der Waals surface area contributed by atoms with Crippen LogP contribution in [0.1, 0.15) is 45.2 Å². The quantitative estimate of drug-likeness (QED) is 0.684. The summed E-state index contributed by atoms with van der Waals surface area (Å²) in [5.41, 5.74) is 1.92. The molecule has 2 fully saturated rings. The molecule has 1 aliphatic heterocycles. The van der Waals surface area contributed by atoms with Crippen LogP contribution in [0.5, 0.6) is 0 Å². The summed E-state index contributed by atoms with van der Waals surface area (Å²) in [4.78, 5) is 21.2. The molecule has 2 aromatic heterocycles. The third kappa shape index (κ3) is 3.92. The first-order valence-electron chi connectivity index (χ1n) is 10.1. The fraction of sp³-hybridized carbons (Fsp3) is 0.619. The van der Waals surface area contributed by atoms with Crippen molar-refractivity contribution in [3.63, 3.8) is 0 Å². The lowest BCUT2D eigenvalue weighted by atomic mass is 9.85. The van der Waals surface area contributed by atoms with E-state index in [0.29, 0.717) is 12.1 Å². The zero-order valence-corrected chi connectivity index (χ0v) is 18.7. The molecule has 6 nitrogen and oxygen atoms in total. The van der Waals surface area contributed by atoms with Crippen LogP contribution in [0.2, 0.25) is 0 Å². The number of piperazine rings is 1. The van der Waals surface area contributed by atoms with E-state index in [0.717, 1.165) is 49.1 Å². The van der Waals surface area contributed by atoms with Crippen molar-refractivity contribution in [2.24, 2.45) is 0 Å². The molecule has 1 aliphatic carbocycles. The molecule has 152 valence electrons. The minimum absolute atomic E-state index is 0.190. The van der Waals surface area contributed by atoms with E-state index in [1.165, 1.54) is 10.9 Å². The largest absolute Gasteiger partial charge is 0.444 e. The van der Waals surface area contributed by atoms with Crippen molar-refractivity contribution in [3.05, 3.63) is 28.5 Å². The Morgan fingerprint density at radius 1 is 1.18 bits per heavy atom. The Kier molecular flexibility index (Phi) is 5.16. The average molecular weight is 449 g/mol. The van der Waals surface area contributed by atoms with Crippen molar-refractivity contribution in [1.82, 2.24) is 19.4 Å². The molecule has 3 heterocycles. The van der Waals surface area contributed by atoms with Gasteiger partial charge in [0.05, 0.1) is 0 Å². The van der Waals surface area contributed by atoms with Gasteiger partial charge in [0.1, 0.15) is 11.2 Å². The number of fused-ring (bicyclic) bond motifs is 1. The molecule has 28 heavy (non-hydrogen) atoms. The summed E-state index contributed by atoms with van der Waals surface area (Å²) < 4.78 is 8.87. The minimum atomic E-state index is -0.434. The number of hydrogen-bond donors (Lipinski definition) is 0. The van der Waals surface area contributed by atoms with E-state index in [2.05, 4.69) is 49.6 Å². The Labute approximate surface area is 175 Å². The van der Waals surface area contributed by atoms with Crippen LogP contribution < -0.4 is 0 Å². The molecule has 7 heteroatoms. The predicted octanol–water partition coefficient (Wildman–Crippen LogP) is 4.36. The van der Waals surface area contributed by atoms with Gasteiger partial charge in [0.25, 0.3) is 0 Å². The van der Waals surface area contributed by atoms with Crippen molar-refractivity contribution in [1.29, 1.82) is 0 Å². The molecule has 0 N–H and O–H groups in total. The molecule has 1 saturated heterocycles. The Morgan fingerprint density at radius 3 is 2.50 bits per heavy atom. The summed E-state index contributed by atoms with van der Waals surface area (Å²) in [6, 6.07) is 3.26. The van der Waals surface area contributed by atoms with Gasteiger partial charge in [-0.1, -0.05) is 0 Å². The second-order valence-corrected chi connectivity index (χ2v) is 9.94. The third-order valence-corrected chi connectivity index (χ3v) is 6.23. The predicted molar refractivity (Wildman–Crippen MR) is 114 cm³/mol. The summed E-state index contributed by atoms with van der Waals surface area (Å²) in [7, 11) is 0. The molecule has 2 aromatic rings. The number of aromatic nitrogens is 2. The van der Waals surface area contributed by atoms with E-state index in [4.69, 9.17) is 4.74 Å². The summed E-state index contributed by atoms with van der Waals surface area (Å²) in [5, 5.41) is 1.23. The average Bonchev–Trinajstić information content (AvgIpc) is 2.89. The molecule has 2 aliphatic rings. The van der Waals surface area contributed by atoms with E-state index in [9.17, 15) is 4.79 Å². The lowest BCUT2D eigenvalue weighted by Gasteiger charge is -2.46. The topological polar surface area (TPSA) is 50.6 Å². The first kappa shape index (κ1) is 19.7. The van der Waals surface area contributed by atoms with Crippen LogP contribution in [0, 0.1) is 6.92 Å². The standard InChI is InChI=1S/C21H29BrN4O2/c1-14-13-26(19-18(14)9-15(22)12-23-19)17-10-16(11-17)24-5-7-25(8-6-24)20(27)28-21(2,3)4/h9,12-13,16-17H,5-8,10-11H2,1-4H3. The van der Waals surface area contributed by atoms with Gasteiger partial charge >= 0.3 is 6.09 Å². The van der Waals surface area contributed by atoms with E-state index in [1.54, 1.807) is 0 Å². The third-order valence-electron chi connectivity index (χ3n) is 5.80. The number of halogens is 1. The number of pyridine rings is 1. The number of nitrogens with zero attached hydrogens (tertiary/aromatic N) is 4. The first-order valence-corrected chi connectivity index (χ1v) is 10.9. The zero-order valence-electron chi connectivity index (χ0n) is 17.1. The van der Waals surface area contributed by atoms with Gasteiger partial charge < -0.3 is 14.2 Å². The minimum Gasteiger partial charge on any atom is -0.444 e. The molecule has 0 bridgehead atoms. The van der Waals surface area contributed by atoms with Crippen LogP contribution >= 0.6 is 15.9 Å². The Bertz CT molecular complexity index is 874. The second kappa shape index (κ2) is 7.34. The molecule has 1 amide bonds. The number of carbonyl (C=O) groups excluding carboxylic acids is 1. The van der Waals surface area contributed by atoms with Gasteiger partial charge in [0.2, 0.25) is 0 Å². The maximum Gasteiger partial charge on any atom is 0.410 e. The monoisotopic (exact) mass is 448 g/mol. The van der Waals surface area contributed by atoms with E-state index in [-0.39, 0.29) is 6.09 Å². The molecular formula is C21H29BrN4O2. The van der Waals surface area contributed by atoms with Crippen molar-refractivity contribution in [2.45, 2.75) is 58.2 Å². The van der Waals surface area contributed by atoms with Gasteiger partial charge in [-0.25, -0.2) is 9.78 Å². The first-order chi connectivity index (χ1) is 13.2. The highest BCUT2D eigenvalue weighted by atomic mass is 79.9. The Morgan fingerprint density at radius 2 is 1.86 bits per heavy atom. The van der Waals surface area contributed by atoms with E-state index in [1.807, 2.05) is 31.9 Å². The summed E-state index contributed by atoms with van der Waals surface area (Å²) in [5.74, 6) is 0. The summed E-state index contributed by atoms with van der Waals surface area (Å²) in [6.45, 7) is 11.2. The second-order valence-electron chi connectivity index (χ2n) is 9.03. The number of aryl methyl sites for hydroxylation is 1. The van der Waals surface area contributed by atoms with E-state index < -0.39 is 5.60 Å². The zero-order chi connectivity index (χ0) is 20.1. The Hall–Kier alpha value is -1.60. The number of amides is 1. The smallest absolute Gasteiger partial charge is 0.410 e. The molecule has 0 unspecified atom stereocenters.